The molecule has 0 spiro atoms. The van der Waals surface area contributed by atoms with Gasteiger partial charge in [-0.2, -0.15) is 10.1 Å². The van der Waals surface area contributed by atoms with Crippen LogP contribution in [0.3, 0.4) is 0 Å². The Balaban J connectivity index is 1.76. The molecule has 0 bridgehead atoms. The fraction of sp³-hybridized carbons (Fsp3) is 0.500. The van der Waals surface area contributed by atoms with Crippen LogP contribution < -0.4 is 10.6 Å². The van der Waals surface area contributed by atoms with E-state index in [9.17, 15) is 0 Å². The number of nitrogens with one attached hydrogen (secondary N) is 2. The summed E-state index contributed by atoms with van der Waals surface area (Å²) in [6.07, 6.45) is 3.68. The van der Waals surface area contributed by atoms with Crippen molar-refractivity contribution in [3.63, 3.8) is 0 Å². The third kappa shape index (κ3) is 2.01. The zero-order valence-electron chi connectivity index (χ0n) is 9.43. The Bertz CT molecular complexity index is 467. The first-order chi connectivity index (χ1) is 8.33. The molecule has 7 heteroatoms. The topological polar surface area (TPSA) is 99.5 Å². The molecule has 3 heterocycles. The monoisotopic (exact) mass is 233 g/mol. The minimum absolute atomic E-state index is 0.317. The molecule has 2 aromatic heterocycles. The quantitative estimate of drug-likeness (QED) is 0.684. The van der Waals surface area contributed by atoms with Crippen molar-refractivity contribution in [1.82, 2.24) is 25.4 Å². The van der Waals surface area contributed by atoms with Gasteiger partial charge in [-0.3, -0.25) is 10.2 Å². The number of nitrogens with zero attached hydrogens (tertiary/aromatic N) is 4. The van der Waals surface area contributed by atoms with E-state index in [4.69, 9.17) is 5.73 Å². The first kappa shape index (κ1) is 10.3. The Labute approximate surface area is 98.4 Å². The molecule has 17 heavy (non-hydrogen) atoms. The second-order valence-electron chi connectivity index (χ2n) is 4.28. The van der Waals surface area contributed by atoms with Crippen LogP contribution in [0, 0.1) is 0 Å². The Morgan fingerprint density at radius 2 is 2.12 bits per heavy atom. The molecule has 0 aromatic carbocycles. The van der Waals surface area contributed by atoms with Gasteiger partial charge in [-0.15, -0.1) is 5.10 Å². The van der Waals surface area contributed by atoms with Gasteiger partial charge in [-0.05, 0) is 18.9 Å². The van der Waals surface area contributed by atoms with Gasteiger partial charge in [0.15, 0.2) is 5.82 Å². The van der Waals surface area contributed by atoms with Crippen LogP contribution in [0.2, 0.25) is 0 Å². The van der Waals surface area contributed by atoms with E-state index in [1.807, 2.05) is 6.07 Å². The average Bonchev–Trinajstić information content (AvgIpc) is 3.00. The molecule has 0 atom stereocenters. The van der Waals surface area contributed by atoms with Gasteiger partial charge in [0.2, 0.25) is 5.95 Å². The van der Waals surface area contributed by atoms with Crippen LogP contribution in [0.1, 0.15) is 12.8 Å². The number of hydrogen-bond acceptors (Lipinski definition) is 5. The van der Waals surface area contributed by atoms with E-state index < -0.39 is 0 Å². The van der Waals surface area contributed by atoms with Crippen LogP contribution in [-0.2, 0) is 0 Å². The smallest absolute Gasteiger partial charge is 0.245 e. The molecule has 0 radical (unpaired) electrons. The number of aromatic amines is 2. The highest BCUT2D eigenvalue weighted by Gasteiger charge is 2.19. The lowest BCUT2D eigenvalue weighted by Crippen LogP contribution is -2.40. The van der Waals surface area contributed by atoms with Gasteiger partial charge in [0.25, 0.3) is 0 Å². The second-order valence-corrected chi connectivity index (χ2v) is 4.28. The second kappa shape index (κ2) is 4.17. The molecule has 0 unspecified atom stereocenters. The van der Waals surface area contributed by atoms with Crippen molar-refractivity contribution in [2.75, 3.05) is 18.0 Å². The zero-order chi connectivity index (χ0) is 11.7. The van der Waals surface area contributed by atoms with Crippen molar-refractivity contribution in [3.8, 4) is 11.5 Å². The molecular weight excluding hydrogens is 218 g/mol. The van der Waals surface area contributed by atoms with Gasteiger partial charge in [0, 0.05) is 25.3 Å². The van der Waals surface area contributed by atoms with E-state index in [2.05, 4.69) is 30.3 Å². The van der Waals surface area contributed by atoms with Crippen molar-refractivity contribution in [2.24, 2.45) is 5.73 Å². The van der Waals surface area contributed by atoms with E-state index in [-0.39, 0.29) is 0 Å². The summed E-state index contributed by atoms with van der Waals surface area (Å²) < 4.78 is 0. The number of hydrogen-bond donors (Lipinski definition) is 3. The molecule has 0 saturated carbocycles. The first-order valence-electron chi connectivity index (χ1n) is 5.75. The fourth-order valence-corrected chi connectivity index (χ4v) is 2.00. The predicted octanol–water partition coefficient (Wildman–Crippen LogP) is 0.122. The number of nitrogens with two attached hydrogens (primary N) is 1. The van der Waals surface area contributed by atoms with Crippen LogP contribution in [0.15, 0.2) is 12.3 Å². The summed E-state index contributed by atoms with van der Waals surface area (Å²) in [7, 11) is 0. The van der Waals surface area contributed by atoms with E-state index in [0.717, 1.165) is 37.6 Å². The van der Waals surface area contributed by atoms with Gasteiger partial charge in [0.05, 0.1) is 0 Å². The maximum Gasteiger partial charge on any atom is 0.245 e. The van der Waals surface area contributed by atoms with E-state index in [1.165, 1.54) is 0 Å². The number of aromatic nitrogens is 5. The highest BCUT2D eigenvalue weighted by Crippen LogP contribution is 2.18. The van der Waals surface area contributed by atoms with Crippen LogP contribution in [0.4, 0.5) is 5.95 Å². The standard InChI is InChI=1S/C10H15N7/c11-7-2-5-17(6-3-7)10-13-9(15-16-10)8-1-4-12-14-8/h1,4,7H,2-3,5-6,11H2,(H,12,14)(H,13,15,16). The normalized spacial score (nSPS) is 17.6. The lowest BCUT2D eigenvalue weighted by atomic mass is 10.1. The number of rotatable bonds is 2. The van der Waals surface area contributed by atoms with Crippen molar-refractivity contribution < 1.29 is 0 Å². The van der Waals surface area contributed by atoms with E-state index in [1.54, 1.807) is 6.20 Å². The number of piperidine rings is 1. The average molecular weight is 233 g/mol. The summed E-state index contributed by atoms with van der Waals surface area (Å²) in [4.78, 5) is 6.60. The summed E-state index contributed by atoms with van der Waals surface area (Å²) in [5, 5.41) is 13.9. The minimum Gasteiger partial charge on any atom is -0.339 e. The lowest BCUT2D eigenvalue weighted by Gasteiger charge is -2.28. The first-order valence-corrected chi connectivity index (χ1v) is 5.75. The molecule has 1 fully saturated rings. The highest BCUT2D eigenvalue weighted by atomic mass is 15.4. The summed E-state index contributed by atoms with van der Waals surface area (Å²) in [6, 6.07) is 2.17. The summed E-state index contributed by atoms with van der Waals surface area (Å²) >= 11 is 0. The van der Waals surface area contributed by atoms with E-state index in [0.29, 0.717) is 11.9 Å². The van der Waals surface area contributed by atoms with Crippen molar-refractivity contribution in [3.05, 3.63) is 12.3 Å². The highest BCUT2D eigenvalue weighted by molar-refractivity contribution is 5.50. The fourth-order valence-electron chi connectivity index (χ4n) is 2.00. The minimum atomic E-state index is 0.317. The molecule has 90 valence electrons. The Hall–Kier alpha value is -1.89. The summed E-state index contributed by atoms with van der Waals surface area (Å²) in [6.45, 7) is 1.84. The van der Waals surface area contributed by atoms with Gasteiger partial charge in [-0.25, -0.2) is 0 Å². The number of anilines is 1. The molecule has 1 aliphatic rings. The zero-order valence-corrected chi connectivity index (χ0v) is 9.43. The van der Waals surface area contributed by atoms with Crippen LogP contribution in [0.5, 0.6) is 0 Å². The van der Waals surface area contributed by atoms with E-state index >= 15 is 0 Å². The number of H-pyrrole nitrogens is 2. The molecule has 4 N–H and O–H groups in total. The molecule has 0 amide bonds. The summed E-state index contributed by atoms with van der Waals surface area (Å²) in [5.74, 6) is 1.45. The Morgan fingerprint density at radius 3 is 2.82 bits per heavy atom. The SMILES string of the molecule is NC1CCN(c2n[nH]c(-c3ccn[nH]3)n2)CC1. The largest absolute Gasteiger partial charge is 0.339 e. The van der Waals surface area contributed by atoms with Crippen LogP contribution in [0.25, 0.3) is 11.5 Å². The predicted molar refractivity (Wildman–Crippen MR) is 63.4 cm³/mol. The molecule has 0 aliphatic carbocycles. The third-order valence-electron chi connectivity index (χ3n) is 3.05. The van der Waals surface area contributed by atoms with Gasteiger partial charge in [-0.1, -0.05) is 0 Å². The van der Waals surface area contributed by atoms with Crippen molar-refractivity contribution >= 4 is 5.95 Å². The summed E-state index contributed by atoms with van der Waals surface area (Å²) in [5.41, 5.74) is 6.71. The molecule has 7 nitrogen and oxygen atoms in total. The molecule has 1 saturated heterocycles. The van der Waals surface area contributed by atoms with Gasteiger partial charge in [0.1, 0.15) is 5.69 Å². The van der Waals surface area contributed by atoms with Crippen molar-refractivity contribution in [1.29, 1.82) is 0 Å². The van der Waals surface area contributed by atoms with Gasteiger partial charge < -0.3 is 10.6 Å². The third-order valence-corrected chi connectivity index (χ3v) is 3.05. The van der Waals surface area contributed by atoms with Crippen LogP contribution in [-0.4, -0.2) is 44.5 Å². The lowest BCUT2D eigenvalue weighted by molar-refractivity contribution is 0.496. The van der Waals surface area contributed by atoms with Crippen LogP contribution >= 0.6 is 0 Å². The van der Waals surface area contributed by atoms with Crippen molar-refractivity contribution in [2.45, 2.75) is 18.9 Å². The molecule has 3 rings (SSSR count). The molecule has 1 aliphatic heterocycles. The molecule has 2 aromatic rings. The molecular formula is C10H15N7. The maximum atomic E-state index is 5.87. The Kier molecular flexibility index (Phi) is 2.52. The Morgan fingerprint density at radius 1 is 1.29 bits per heavy atom. The van der Waals surface area contributed by atoms with Gasteiger partial charge >= 0.3 is 0 Å². The maximum absolute atomic E-state index is 5.87.